The van der Waals surface area contributed by atoms with Crippen LogP contribution in [0.3, 0.4) is 0 Å². The van der Waals surface area contributed by atoms with Crippen molar-refractivity contribution in [2.45, 2.75) is 11.9 Å². The maximum Gasteiger partial charge on any atom is 0.236 e. The van der Waals surface area contributed by atoms with E-state index in [4.69, 9.17) is 4.74 Å². The second kappa shape index (κ2) is 7.51. The van der Waals surface area contributed by atoms with Crippen molar-refractivity contribution in [3.63, 3.8) is 0 Å². The van der Waals surface area contributed by atoms with Crippen LogP contribution in [0.5, 0.6) is 5.75 Å². The summed E-state index contributed by atoms with van der Waals surface area (Å²) in [4.78, 5) is 20.8. The Hall–Kier alpha value is -2.63. The Labute approximate surface area is 152 Å². The van der Waals surface area contributed by atoms with Gasteiger partial charge in [0.25, 0.3) is 0 Å². The monoisotopic (exact) mass is 370 g/mol. The predicted molar refractivity (Wildman–Crippen MR) is 99.2 cm³/mol. The number of thioether (sulfide) groups is 1. The van der Waals surface area contributed by atoms with Crippen molar-refractivity contribution < 1.29 is 9.53 Å². The molecule has 0 radical (unpaired) electrons. The number of benzene rings is 1. The van der Waals surface area contributed by atoms with Gasteiger partial charge in [0.15, 0.2) is 5.13 Å². The molecule has 6 nitrogen and oxygen atoms in total. The number of hydrogen-bond donors (Lipinski definition) is 1. The highest BCUT2D eigenvalue weighted by atomic mass is 32.2. The van der Waals surface area contributed by atoms with Crippen molar-refractivity contribution in [2.75, 3.05) is 18.2 Å². The molecule has 1 N–H and O–H groups in total. The normalized spacial score (nSPS) is 10.4. The van der Waals surface area contributed by atoms with Gasteiger partial charge < -0.3 is 10.1 Å². The molecule has 1 amide bonds. The molecular formula is C17H14N4O2S2. The van der Waals surface area contributed by atoms with Crippen LogP contribution in [0.15, 0.2) is 34.7 Å². The highest BCUT2D eigenvalue weighted by Crippen LogP contribution is 2.27. The van der Waals surface area contributed by atoms with E-state index in [1.54, 1.807) is 19.2 Å². The summed E-state index contributed by atoms with van der Waals surface area (Å²) in [5.74, 6) is 0.656. The topological polar surface area (TPSA) is 87.9 Å². The summed E-state index contributed by atoms with van der Waals surface area (Å²) < 4.78 is 5.20. The Morgan fingerprint density at radius 3 is 2.92 bits per heavy atom. The number of hydrogen-bond acceptors (Lipinski definition) is 7. The molecule has 0 saturated carbocycles. The maximum atomic E-state index is 12.1. The maximum absolute atomic E-state index is 12.1. The van der Waals surface area contributed by atoms with Crippen molar-refractivity contribution in [1.29, 1.82) is 5.26 Å². The highest BCUT2D eigenvalue weighted by Gasteiger charge is 2.12. The van der Waals surface area contributed by atoms with Crippen LogP contribution in [-0.2, 0) is 4.79 Å². The summed E-state index contributed by atoms with van der Waals surface area (Å²) in [7, 11) is 1.59. The van der Waals surface area contributed by atoms with Crippen molar-refractivity contribution in [1.82, 2.24) is 9.97 Å². The number of ether oxygens (including phenoxy) is 1. The molecule has 0 aliphatic heterocycles. The lowest BCUT2D eigenvalue weighted by atomic mass is 10.1. The number of aryl methyl sites for hydroxylation is 1. The van der Waals surface area contributed by atoms with Gasteiger partial charge in [-0.25, -0.2) is 9.97 Å². The van der Waals surface area contributed by atoms with Crippen molar-refractivity contribution in [3.8, 4) is 11.8 Å². The number of rotatable bonds is 5. The number of thiazole rings is 1. The first-order valence-electron chi connectivity index (χ1n) is 7.32. The number of aromatic nitrogens is 2. The fourth-order valence-corrected chi connectivity index (χ4v) is 3.61. The van der Waals surface area contributed by atoms with E-state index in [1.165, 1.54) is 23.1 Å². The molecule has 1 aromatic carbocycles. The number of carbonyl (C=O) groups excluding carboxylic acids is 1. The third-order valence-corrected chi connectivity index (χ3v) is 5.18. The minimum Gasteiger partial charge on any atom is -0.497 e. The van der Waals surface area contributed by atoms with Crippen LogP contribution in [0.1, 0.15) is 11.3 Å². The molecule has 0 aliphatic rings. The fraction of sp³-hybridized carbons (Fsp3) is 0.176. The predicted octanol–water partition coefficient (Wildman–Crippen LogP) is 3.61. The molecule has 0 spiro atoms. The second-order valence-corrected chi connectivity index (χ2v) is 6.96. The van der Waals surface area contributed by atoms with Gasteiger partial charge in [-0.1, -0.05) is 11.8 Å². The summed E-state index contributed by atoms with van der Waals surface area (Å²) in [6, 6.07) is 9.39. The molecule has 0 unspecified atom stereocenters. The molecule has 3 aromatic rings. The van der Waals surface area contributed by atoms with Gasteiger partial charge in [-0.05, 0) is 25.1 Å². The molecule has 2 aromatic heterocycles. The average Bonchev–Trinajstić information content (AvgIpc) is 3.03. The van der Waals surface area contributed by atoms with Crippen molar-refractivity contribution >= 4 is 45.0 Å². The molecule has 0 bridgehead atoms. The van der Waals surface area contributed by atoms with E-state index in [0.29, 0.717) is 21.5 Å². The third-order valence-electron chi connectivity index (χ3n) is 3.32. The lowest BCUT2D eigenvalue weighted by Crippen LogP contribution is -2.14. The van der Waals surface area contributed by atoms with E-state index in [1.807, 2.05) is 24.4 Å². The number of fused-ring (bicyclic) bond motifs is 1. The van der Waals surface area contributed by atoms with Gasteiger partial charge in [-0.3, -0.25) is 4.79 Å². The Morgan fingerprint density at radius 1 is 1.40 bits per heavy atom. The molecule has 25 heavy (non-hydrogen) atoms. The second-order valence-electron chi connectivity index (χ2n) is 5.14. The summed E-state index contributed by atoms with van der Waals surface area (Å²) in [6.45, 7) is 1.87. The summed E-state index contributed by atoms with van der Waals surface area (Å²) in [6.07, 6.45) is 0. The SMILES string of the molecule is COc1ccc2cc(C#N)c(SCC(=O)Nc3nc(C)cs3)nc2c1. The molecular weight excluding hydrogens is 356 g/mol. The molecule has 8 heteroatoms. The van der Waals surface area contributed by atoms with Gasteiger partial charge in [0.1, 0.15) is 16.8 Å². The molecule has 0 atom stereocenters. The van der Waals surface area contributed by atoms with Crippen LogP contribution in [0.2, 0.25) is 0 Å². The number of anilines is 1. The highest BCUT2D eigenvalue weighted by molar-refractivity contribution is 8.00. The first-order chi connectivity index (χ1) is 12.1. The number of carbonyl (C=O) groups is 1. The van der Waals surface area contributed by atoms with Gasteiger partial charge in [0, 0.05) is 16.8 Å². The fourth-order valence-electron chi connectivity index (χ4n) is 2.15. The first kappa shape index (κ1) is 17.2. The van der Waals surface area contributed by atoms with Crippen LogP contribution in [0.4, 0.5) is 5.13 Å². The third kappa shape index (κ3) is 4.07. The lowest BCUT2D eigenvalue weighted by Gasteiger charge is -2.07. The van der Waals surface area contributed by atoms with Crippen LogP contribution >= 0.6 is 23.1 Å². The number of methoxy groups -OCH3 is 1. The Balaban J connectivity index is 1.77. The van der Waals surface area contributed by atoms with E-state index < -0.39 is 0 Å². The van der Waals surface area contributed by atoms with E-state index in [9.17, 15) is 10.1 Å². The zero-order chi connectivity index (χ0) is 17.8. The molecule has 0 saturated heterocycles. The van der Waals surface area contributed by atoms with Crippen LogP contribution in [0.25, 0.3) is 10.9 Å². The van der Waals surface area contributed by atoms with Gasteiger partial charge in [0.2, 0.25) is 5.91 Å². The Bertz CT molecular complexity index is 978. The number of nitriles is 1. The zero-order valence-corrected chi connectivity index (χ0v) is 15.2. The van der Waals surface area contributed by atoms with Crippen LogP contribution in [-0.4, -0.2) is 28.7 Å². The minimum absolute atomic E-state index is 0.149. The van der Waals surface area contributed by atoms with E-state index in [2.05, 4.69) is 21.4 Å². The molecule has 2 heterocycles. The van der Waals surface area contributed by atoms with E-state index in [0.717, 1.165) is 16.6 Å². The smallest absolute Gasteiger partial charge is 0.236 e. The summed E-state index contributed by atoms with van der Waals surface area (Å²) in [5, 5.41) is 15.9. The minimum atomic E-state index is -0.184. The number of pyridine rings is 1. The van der Waals surface area contributed by atoms with Gasteiger partial charge in [-0.2, -0.15) is 5.26 Å². The molecule has 0 fully saturated rings. The standard InChI is InChI=1S/C17H14N4O2S2/c1-10-8-25-17(19-10)21-15(22)9-24-16-12(7-18)5-11-3-4-13(23-2)6-14(11)20-16/h3-6,8H,9H2,1-2H3,(H,19,21,22). The quantitative estimate of drug-likeness (QED) is 0.690. The average molecular weight is 370 g/mol. The largest absolute Gasteiger partial charge is 0.497 e. The molecule has 0 aliphatic carbocycles. The summed E-state index contributed by atoms with van der Waals surface area (Å²) in [5.41, 5.74) is 2.03. The Kier molecular flexibility index (Phi) is 5.16. The van der Waals surface area contributed by atoms with Gasteiger partial charge in [0.05, 0.1) is 29.6 Å². The van der Waals surface area contributed by atoms with Crippen molar-refractivity contribution in [3.05, 3.63) is 40.9 Å². The number of nitrogens with one attached hydrogen (secondary N) is 1. The van der Waals surface area contributed by atoms with Gasteiger partial charge >= 0.3 is 0 Å². The number of nitrogens with zero attached hydrogens (tertiary/aromatic N) is 3. The van der Waals surface area contributed by atoms with Crippen molar-refractivity contribution in [2.24, 2.45) is 0 Å². The van der Waals surface area contributed by atoms with Gasteiger partial charge in [-0.15, -0.1) is 11.3 Å². The Morgan fingerprint density at radius 2 is 2.24 bits per heavy atom. The zero-order valence-electron chi connectivity index (χ0n) is 13.6. The first-order valence-corrected chi connectivity index (χ1v) is 9.19. The van der Waals surface area contributed by atoms with Crippen LogP contribution < -0.4 is 10.1 Å². The lowest BCUT2D eigenvalue weighted by molar-refractivity contribution is -0.113. The molecule has 126 valence electrons. The van der Waals surface area contributed by atoms with Crippen LogP contribution in [0, 0.1) is 18.3 Å². The molecule has 3 rings (SSSR count). The van der Waals surface area contributed by atoms with E-state index in [-0.39, 0.29) is 11.7 Å². The number of amides is 1. The summed E-state index contributed by atoms with van der Waals surface area (Å²) >= 11 is 2.60. The van der Waals surface area contributed by atoms with E-state index >= 15 is 0 Å².